The molecule has 0 saturated heterocycles. The lowest BCUT2D eigenvalue weighted by Crippen LogP contribution is -2.26. The molecule has 0 aliphatic heterocycles. The normalized spacial score (nSPS) is 12.2. The van der Waals surface area contributed by atoms with E-state index >= 15 is 0 Å². The Bertz CT molecular complexity index is 574. The van der Waals surface area contributed by atoms with Crippen LogP contribution in [-0.4, -0.2) is 5.91 Å². The van der Waals surface area contributed by atoms with Gasteiger partial charge in [0.05, 0.1) is 12.3 Å². The maximum absolute atomic E-state index is 13.2. The van der Waals surface area contributed by atoms with Crippen molar-refractivity contribution in [2.24, 2.45) is 0 Å². The van der Waals surface area contributed by atoms with Gasteiger partial charge in [0.25, 0.3) is 5.91 Å². The highest BCUT2D eigenvalue weighted by atomic mass is 19.1. The van der Waals surface area contributed by atoms with E-state index in [1.807, 2.05) is 0 Å². The molecule has 1 atom stereocenters. The zero-order chi connectivity index (χ0) is 14.0. The third-order valence-corrected chi connectivity index (χ3v) is 2.66. The second-order valence-corrected chi connectivity index (χ2v) is 4.06. The molecule has 0 saturated carbocycles. The number of halogens is 2. The molecular formula is C13H12F2N2O2. The van der Waals surface area contributed by atoms with E-state index in [0.717, 1.165) is 12.1 Å². The number of hydrogen-bond acceptors (Lipinski definition) is 3. The van der Waals surface area contributed by atoms with Gasteiger partial charge in [0, 0.05) is 5.56 Å². The van der Waals surface area contributed by atoms with Crippen LogP contribution in [0, 0.1) is 11.6 Å². The molecule has 1 aromatic carbocycles. The average Bonchev–Trinajstić information content (AvgIpc) is 2.89. The van der Waals surface area contributed by atoms with Gasteiger partial charge >= 0.3 is 0 Å². The number of carbonyl (C=O) groups is 1. The number of amides is 1. The lowest BCUT2D eigenvalue weighted by molar-refractivity contribution is 0.0934. The third kappa shape index (κ3) is 2.73. The average molecular weight is 266 g/mol. The van der Waals surface area contributed by atoms with E-state index < -0.39 is 29.3 Å². The fourth-order valence-electron chi connectivity index (χ4n) is 1.60. The summed E-state index contributed by atoms with van der Waals surface area (Å²) in [6.07, 6.45) is 1.47. The SMILES string of the molecule is CC(NC(=O)c1cc(F)c(N)c(F)c1)c1ccco1. The van der Waals surface area contributed by atoms with Crippen molar-refractivity contribution >= 4 is 11.6 Å². The van der Waals surface area contributed by atoms with Crippen molar-refractivity contribution in [1.29, 1.82) is 0 Å². The Hall–Kier alpha value is -2.37. The molecular weight excluding hydrogens is 254 g/mol. The zero-order valence-corrected chi connectivity index (χ0v) is 10.1. The first kappa shape index (κ1) is 13.1. The van der Waals surface area contributed by atoms with E-state index in [9.17, 15) is 13.6 Å². The molecule has 1 unspecified atom stereocenters. The second-order valence-electron chi connectivity index (χ2n) is 4.06. The molecule has 4 nitrogen and oxygen atoms in total. The van der Waals surface area contributed by atoms with Crippen molar-refractivity contribution in [3.8, 4) is 0 Å². The highest BCUT2D eigenvalue weighted by molar-refractivity contribution is 5.94. The summed E-state index contributed by atoms with van der Waals surface area (Å²) < 4.78 is 31.6. The maximum atomic E-state index is 13.2. The number of hydrogen-bond donors (Lipinski definition) is 2. The van der Waals surface area contributed by atoms with Gasteiger partial charge in [-0.25, -0.2) is 8.78 Å². The molecule has 2 aromatic rings. The Balaban J connectivity index is 2.16. The van der Waals surface area contributed by atoms with E-state index in [1.165, 1.54) is 6.26 Å². The summed E-state index contributed by atoms with van der Waals surface area (Å²) >= 11 is 0. The number of anilines is 1. The standard InChI is InChI=1S/C13H12F2N2O2/c1-7(11-3-2-4-19-11)17-13(18)8-5-9(14)12(16)10(15)6-8/h2-7H,16H2,1H3,(H,17,18). The molecule has 0 spiro atoms. The first-order valence-electron chi connectivity index (χ1n) is 5.58. The molecule has 0 aliphatic rings. The fraction of sp³-hybridized carbons (Fsp3) is 0.154. The molecule has 6 heteroatoms. The summed E-state index contributed by atoms with van der Waals surface area (Å²) in [6, 6.07) is 4.74. The van der Waals surface area contributed by atoms with Crippen LogP contribution in [0.15, 0.2) is 34.9 Å². The minimum Gasteiger partial charge on any atom is -0.467 e. The highest BCUT2D eigenvalue weighted by Gasteiger charge is 2.16. The Morgan fingerprint density at radius 3 is 2.53 bits per heavy atom. The third-order valence-electron chi connectivity index (χ3n) is 2.66. The Morgan fingerprint density at radius 2 is 2.00 bits per heavy atom. The minimum atomic E-state index is -0.962. The maximum Gasteiger partial charge on any atom is 0.252 e. The van der Waals surface area contributed by atoms with Crippen molar-refractivity contribution in [3.05, 3.63) is 53.5 Å². The van der Waals surface area contributed by atoms with Crippen molar-refractivity contribution in [3.63, 3.8) is 0 Å². The summed E-state index contributed by atoms with van der Waals surface area (Å²) in [7, 11) is 0. The van der Waals surface area contributed by atoms with E-state index in [0.29, 0.717) is 5.76 Å². The van der Waals surface area contributed by atoms with Crippen LogP contribution < -0.4 is 11.1 Å². The van der Waals surface area contributed by atoms with Gasteiger partial charge in [-0.2, -0.15) is 0 Å². The van der Waals surface area contributed by atoms with E-state index in [2.05, 4.69) is 5.32 Å². The van der Waals surface area contributed by atoms with Crippen LogP contribution in [0.5, 0.6) is 0 Å². The molecule has 0 radical (unpaired) electrons. The number of nitrogens with one attached hydrogen (secondary N) is 1. The predicted molar refractivity (Wildman–Crippen MR) is 65.4 cm³/mol. The van der Waals surface area contributed by atoms with Crippen LogP contribution in [0.2, 0.25) is 0 Å². The summed E-state index contributed by atoms with van der Waals surface area (Å²) in [5, 5.41) is 2.57. The topological polar surface area (TPSA) is 68.3 Å². The lowest BCUT2D eigenvalue weighted by atomic mass is 10.1. The van der Waals surface area contributed by atoms with E-state index in [-0.39, 0.29) is 5.56 Å². The Kier molecular flexibility index (Phi) is 3.50. The number of carbonyl (C=O) groups excluding carboxylic acids is 1. The second kappa shape index (κ2) is 5.09. The molecule has 0 aliphatic carbocycles. The summed E-state index contributed by atoms with van der Waals surface area (Å²) in [4.78, 5) is 11.8. The molecule has 100 valence electrons. The van der Waals surface area contributed by atoms with Crippen LogP contribution in [0.4, 0.5) is 14.5 Å². The molecule has 2 rings (SSSR count). The predicted octanol–water partition coefficient (Wildman–Crippen LogP) is 2.63. The first-order chi connectivity index (χ1) is 8.99. The number of furan rings is 1. The number of rotatable bonds is 3. The first-order valence-corrected chi connectivity index (χ1v) is 5.58. The van der Waals surface area contributed by atoms with Crippen LogP contribution >= 0.6 is 0 Å². The van der Waals surface area contributed by atoms with Crippen LogP contribution in [0.1, 0.15) is 29.1 Å². The highest BCUT2D eigenvalue weighted by Crippen LogP contribution is 2.18. The van der Waals surface area contributed by atoms with Gasteiger partial charge in [-0.15, -0.1) is 0 Å². The van der Waals surface area contributed by atoms with E-state index in [4.69, 9.17) is 10.2 Å². The number of benzene rings is 1. The van der Waals surface area contributed by atoms with Gasteiger partial charge in [0.2, 0.25) is 0 Å². The molecule has 1 heterocycles. The lowest BCUT2D eigenvalue weighted by Gasteiger charge is -2.12. The molecule has 1 aromatic heterocycles. The van der Waals surface area contributed by atoms with E-state index in [1.54, 1.807) is 19.1 Å². The summed E-state index contributed by atoms with van der Waals surface area (Å²) in [6.45, 7) is 1.70. The van der Waals surface area contributed by atoms with Gasteiger partial charge in [-0.1, -0.05) is 0 Å². The van der Waals surface area contributed by atoms with Gasteiger partial charge < -0.3 is 15.5 Å². The summed E-state index contributed by atoms with van der Waals surface area (Å²) in [5.74, 6) is -1.99. The van der Waals surface area contributed by atoms with Crippen LogP contribution in [0.3, 0.4) is 0 Å². The monoisotopic (exact) mass is 266 g/mol. The molecule has 19 heavy (non-hydrogen) atoms. The van der Waals surface area contributed by atoms with Crippen molar-refractivity contribution < 1.29 is 18.0 Å². The van der Waals surface area contributed by atoms with Crippen molar-refractivity contribution in [1.82, 2.24) is 5.32 Å². The Morgan fingerprint density at radius 1 is 1.37 bits per heavy atom. The van der Waals surface area contributed by atoms with Crippen LogP contribution in [0.25, 0.3) is 0 Å². The Labute approximate surface area is 108 Å². The van der Waals surface area contributed by atoms with Gasteiger partial charge in [0.15, 0.2) is 0 Å². The van der Waals surface area contributed by atoms with Gasteiger partial charge in [0.1, 0.15) is 23.1 Å². The quantitative estimate of drug-likeness (QED) is 0.839. The molecule has 0 fully saturated rings. The fourth-order valence-corrected chi connectivity index (χ4v) is 1.60. The van der Waals surface area contributed by atoms with Gasteiger partial charge in [-0.05, 0) is 31.2 Å². The smallest absolute Gasteiger partial charge is 0.252 e. The zero-order valence-electron chi connectivity index (χ0n) is 10.1. The van der Waals surface area contributed by atoms with Crippen molar-refractivity contribution in [2.45, 2.75) is 13.0 Å². The largest absolute Gasteiger partial charge is 0.467 e. The summed E-state index contributed by atoms with van der Waals surface area (Å²) in [5.41, 5.74) is 4.39. The molecule has 1 amide bonds. The van der Waals surface area contributed by atoms with Crippen LogP contribution in [-0.2, 0) is 0 Å². The number of nitrogens with two attached hydrogens (primary N) is 1. The van der Waals surface area contributed by atoms with Crippen molar-refractivity contribution in [2.75, 3.05) is 5.73 Å². The van der Waals surface area contributed by atoms with Gasteiger partial charge in [-0.3, -0.25) is 4.79 Å². The minimum absolute atomic E-state index is 0.136. The molecule has 0 bridgehead atoms. The molecule has 3 N–H and O–H groups in total. The number of nitrogen functional groups attached to an aromatic ring is 1.